The average Bonchev–Trinajstić information content (AvgIpc) is 3.48. The molecule has 1 unspecified atom stereocenters. The lowest BCUT2D eigenvalue weighted by atomic mass is 10.2. The van der Waals surface area contributed by atoms with Gasteiger partial charge < -0.3 is 9.47 Å². The van der Waals surface area contributed by atoms with E-state index in [1.165, 1.54) is 23.6 Å². The summed E-state index contributed by atoms with van der Waals surface area (Å²) >= 11 is 7.27. The highest BCUT2D eigenvalue weighted by molar-refractivity contribution is 7.93. The summed E-state index contributed by atoms with van der Waals surface area (Å²) in [4.78, 5) is 18.9. The molecule has 31 heavy (non-hydrogen) atoms. The number of thiazole rings is 1. The fourth-order valence-electron chi connectivity index (χ4n) is 3.92. The Kier molecular flexibility index (Phi) is 4.96. The van der Waals surface area contributed by atoms with E-state index < -0.39 is 16.1 Å². The molecule has 2 aromatic carbocycles. The predicted molar refractivity (Wildman–Crippen MR) is 122 cm³/mol. The Morgan fingerprint density at radius 2 is 2.00 bits per heavy atom. The highest BCUT2D eigenvalue weighted by Crippen LogP contribution is 2.35. The minimum atomic E-state index is -3.90. The van der Waals surface area contributed by atoms with Crippen molar-refractivity contribution in [3.8, 4) is 0 Å². The van der Waals surface area contributed by atoms with Crippen molar-refractivity contribution in [3.63, 3.8) is 0 Å². The molecule has 0 saturated carbocycles. The molecule has 0 radical (unpaired) electrons. The van der Waals surface area contributed by atoms with Gasteiger partial charge in [-0.15, -0.1) is 11.3 Å². The molecule has 1 amide bonds. The number of carbonyl (C=O) groups excluding carboxylic acids is 1. The third-order valence-corrected chi connectivity index (χ3v) is 7.73. The Morgan fingerprint density at radius 3 is 2.81 bits per heavy atom. The number of hydrogen-bond acceptors (Lipinski definition) is 5. The Morgan fingerprint density at radius 1 is 1.16 bits per heavy atom. The number of hydrogen-bond donors (Lipinski definition) is 1. The number of nitrogens with zero attached hydrogens (tertiary/aromatic N) is 3. The Balaban J connectivity index is 1.49. The van der Waals surface area contributed by atoms with Crippen LogP contribution in [0.2, 0.25) is 5.02 Å². The Bertz CT molecular complexity index is 1380. The van der Waals surface area contributed by atoms with E-state index in [1.54, 1.807) is 34.5 Å². The average molecular weight is 473 g/mol. The molecule has 0 bridgehead atoms. The SMILES string of the molecule is O=C1C(n2ccc3cc(Cl)ccc32)CCN1c1ccccc1S(=O)(=O)Nc1nccs1. The number of halogens is 1. The smallest absolute Gasteiger partial charge is 0.265 e. The van der Waals surface area contributed by atoms with Crippen molar-refractivity contribution < 1.29 is 13.2 Å². The zero-order chi connectivity index (χ0) is 21.6. The van der Waals surface area contributed by atoms with Crippen LogP contribution >= 0.6 is 22.9 Å². The van der Waals surface area contributed by atoms with Gasteiger partial charge >= 0.3 is 0 Å². The second-order valence-electron chi connectivity index (χ2n) is 7.13. The Labute approximate surface area is 187 Å². The number of benzene rings is 2. The number of aromatic nitrogens is 2. The molecular formula is C21H17ClN4O3S2. The van der Waals surface area contributed by atoms with Gasteiger partial charge in [0.15, 0.2) is 5.13 Å². The number of anilines is 2. The highest BCUT2D eigenvalue weighted by atomic mass is 35.5. The van der Waals surface area contributed by atoms with E-state index >= 15 is 0 Å². The van der Waals surface area contributed by atoms with Crippen molar-refractivity contribution in [3.05, 3.63) is 71.3 Å². The number of nitrogens with one attached hydrogen (secondary N) is 1. The first-order valence-corrected chi connectivity index (χ1v) is 12.3. The van der Waals surface area contributed by atoms with Crippen LogP contribution in [0.15, 0.2) is 71.2 Å². The lowest BCUT2D eigenvalue weighted by molar-refractivity contribution is -0.119. The topological polar surface area (TPSA) is 84.3 Å². The van der Waals surface area contributed by atoms with Crippen molar-refractivity contribution in [1.29, 1.82) is 0 Å². The van der Waals surface area contributed by atoms with Gasteiger partial charge in [-0.2, -0.15) is 0 Å². The van der Waals surface area contributed by atoms with Crippen LogP contribution in [0.1, 0.15) is 12.5 Å². The summed E-state index contributed by atoms with van der Waals surface area (Å²) in [5.74, 6) is -0.149. The van der Waals surface area contributed by atoms with Crippen LogP contribution in [0, 0.1) is 0 Å². The van der Waals surface area contributed by atoms with E-state index in [0.717, 1.165) is 10.9 Å². The minimum Gasteiger partial charge on any atom is -0.335 e. The van der Waals surface area contributed by atoms with E-state index in [9.17, 15) is 13.2 Å². The molecule has 0 spiro atoms. The molecule has 158 valence electrons. The van der Waals surface area contributed by atoms with E-state index in [1.807, 2.05) is 29.0 Å². The molecule has 4 aromatic rings. The van der Waals surface area contributed by atoms with Gasteiger partial charge in [-0.05, 0) is 42.8 Å². The minimum absolute atomic E-state index is 0.0448. The van der Waals surface area contributed by atoms with E-state index in [2.05, 4.69) is 9.71 Å². The van der Waals surface area contributed by atoms with Crippen molar-refractivity contribution in [2.45, 2.75) is 17.4 Å². The standard InChI is InChI=1S/C21H17ClN4O3S2/c22-15-5-6-16-14(13-15)7-10-25(16)18-8-11-26(20(18)27)17-3-1-2-4-19(17)31(28,29)24-21-23-9-12-30-21/h1-7,9-10,12-13,18H,8,11H2,(H,23,24). The molecule has 1 aliphatic rings. The summed E-state index contributed by atoms with van der Waals surface area (Å²) in [7, 11) is -3.90. The molecule has 0 aliphatic carbocycles. The van der Waals surface area contributed by atoms with Crippen molar-refractivity contribution >= 4 is 60.6 Å². The van der Waals surface area contributed by atoms with Gasteiger partial charge in [0.05, 0.1) is 5.69 Å². The molecule has 1 aliphatic heterocycles. The number of sulfonamides is 1. The number of amides is 1. The predicted octanol–water partition coefficient (Wildman–Crippen LogP) is 4.53. The lowest BCUT2D eigenvalue weighted by Gasteiger charge is -2.21. The van der Waals surface area contributed by atoms with Gasteiger partial charge in [0, 0.05) is 40.2 Å². The highest BCUT2D eigenvalue weighted by Gasteiger charge is 2.36. The maximum Gasteiger partial charge on any atom is 0.265 e. The number of rotatable bonds is 5. The van der Waals surface area contributed by atoms with E-state index in [-0.39, 0.29) is 15.9 Å². The first-order chi connectivity index (χ1) is 14.9. The number of fused-ring (bicyclic) bond motifs is 1. The molecule has 5 rings (SSSR count). The first kappa shape index (κ1) is 20.0. The van der Waals surface area contributed by atoms with Gasteiger partial charge in [-0.3, -0.25) is 9.52 Å². The fraction of sp³-hybridized carbons (Fsp3) is 0.143. The molecule has 1 fully saturated rings. The first-order valence-electron chi connectivity index (χ1n) is 9.53. The van der Waals surface area contributed by atoms with Gasteiger partial charge in [0.25, 0.3) is 10.0 Å². The third-order valence-electron chi connectivity index (χ3n) is 5.30. The maximum atomic E-state index is 13.4. The summed E-state index contributed by atoms with van der Waals surface area (Å²) in [5, 5.41) is 3.55. The molecule has 2 aromatic heterocycles. The summed E-state index contributed by atoms with van der Waals surface area (Å²) in [6.45, 7) is 0.417. The van der Waals surface area contributed by atoms with E-state index in [0.29, 0.717) is 23.7 Å². The van der Waals surface area contributed by atoms with Crippen LogP contribution < -0.4 is 9.62 Å². The molecular weight excluding hydrogens is 456 g/mol. The summed E-state index contributed by atoms with van der Waals surface area (Å²) < 4.78 is 30.4. The Hall–Kier alpha value is -2.88. The van der Waals surface area contributed by atoms with E-state index in [4.69, 9.17) is 11.6 Å². The van der Waals surface area contributed by atoms with Crippen LogP contribution in [0.4, 0.5) is 10.8 Å². The van der Waals surface area contributed by atoms with Gasteiger partial charge in [-0.25, -0.2) is 13.4 Å². The van der Waals surface area contributed by atoms with Crippen molar-refractivity contribution in [2.24, 2.45) is 0 Å². The van der Waals surface area contributed by atoms with Crippen LogP contribution in [-0.2, 0) is 14.8 Å². The summed E-state index contributed by atoms with van der Waals surface area (Å²) in [6.07, 6.45) is 3.97. The molecule has 1 atom stereocenters. The normalized spacial score (nSPS) is 16.9. The largest absolute Gasteiger partial charge is 0.335 e. The van der Waals surface area contributed by atoms with Gasteiger partial charge in [-0.1, -0.05) is 23.7 Å². The molecule has 1 N–H and O–H groups in total. The maximum absolute atomic E-state index is 13.4. The van der Waals surface area contributed by atoms with Crippen LogP contribution in [0.25, 0.3) is 10.9 Å². The zero-order valence-corrected chi connectivity index (χ0v) is 18.5. The second-order valence-corrected chi connectivity index (χ2v) is 10.1. The van der Waals surface area contributed by atoms with Gasteiger partial charge in [0.2, 0.25) is 5.91 Å². The van der Waals surface area contributed by atoms with Crippen LogP contribution in [0.3, 0.4) is 0 Å². The fourth-order valence-corrected chi connectivity index (χ4v) is 6.10. The van der Waals surface area contributed by atoms with Crippen molar-refractivity contribution in [1.82, 2.24) is 9.55 Å². The number of para-hydroxylation sites is 1. The zero-order valence-electron chi connectivity index (χ0n) is 16.1. The molecule has 10 heteroatoms. The summed E-state index contributed by atoms with van der Waals surface area (Å²) in [6, 6.07) is 13.6. The van der Waals surface area contributed by atoms with Crippen LogP contribution in [-0.4, -0.2) is 30.4 Å². The molecule has 7 nitrogen and oxygen atoms in total. The quantitative estimate of drug-likeness (QED) is 0.462. The molecule has 3 heterocycles. The van der Waals surface area contributed by atoms with Crippen LogP contribution in [0.5, 0.6) is 0 Å². The molecule has 1 saturated heterocycles. The van der Waals surface area contributed by atoms with Gasteiger partial charge in [0.1, 0.15) is 10.9 Å². The monoisotopic (exact) mass is 472 g/mol. The van der Waals surface area contributed by atoms with Crippen molar-refractivity contribution in [2.75, 3.05) is 16.2 Å². The summed E-state index contributed by atoms with van der Waals surface area (Å²) in [5.41, 5.74) is 1.27. The number of carbonyl (C=O) groups is 1. The lowest BCUT2D eigenvalue weighted by Crippen LogP contribution is -2.30. The second kappa shape index (κ2) is 7.67. The third kappa shape index (κ3) is 3.58.